The summed E-state index contributed by atoms with van der Waals surface area (Å²) in [5, 5.41) is 3.52. The normalized spacial score (nSPS) is 12.3. The summed E-state index contributed by atoms with van der Waals surface area (Å²) in [6.45, 7) is 4.07. The average molecular weight is 332 g/mol. The van der Waals surface area contributed by atoms with E-state index in [0.29, 0.717) is 0 Å². The van der Waals surface area contributed by atoms with Crippen LogP contribution in [0.15, 0.2) is 91.0 Å². The van der Waals surface area contributed by atoms with Crippen molar-refractivity contribution >= 4 is 5.57 Å². The second kappa shape index (κ2) is 12.0. The lowest BCUT2D eigenvalue weighted by atomic mass is 10.0. The zero-order chi connectivity index (χ0) is 17.6. The van der Waals surface area contributed by atoms with Gasteiger partial charge in [-0.25, -0.2) is 0 Å². The molecule has 25 heavy (non-hydrogen) atoms. The van der Waals surface area contributed by atoms with E-state index in [-0.39, 0.29) is 0 Å². The summed E-state index contributed by atoms with van der Waals surface area (Å²) in [5.74, 6) is 0. The molecule has 2 rings (SSSR count). The molecule has 0 spiro atoms. The van der Waals surface area contributed by atoms with Crippen LogP contribution in [0, 0.1) is 0 Å². The lowest BCUT2D eigenvalue weighted by Crippen LogP contribution is -2.13. The van der Waals surface area contributed by atoms with Crippen molar-refractivity contribution in [1.29, 1.82) is 0 Å². The topological polar surface area (TPSA) is 12.0 Å². The zero-order valence-corrected chi connectivity index (χ0v) is 15.2. The van der Waals surface area contributed by atoms with Crippen LogP contribution in [-0.2, 0) is 6.54 Å². The SMILES string of the molecule is CC/C=C\C=C/C/C(=C\CCNCc1ccccc1)c1ccccc1. The Kier molecular flexibility index (Phi) is 9.13. The predicted molar refractivity (Wildman–Crippen MR) is 110 cm³/mol. The Morgan fingerprint density at radius 2 is 1.56 bits per heavy atom. The highest BCUT2D eigenvalue weighted by Gasteiger charge is 1.99. The van der Waals surface area contributed by atoms with Gasteiger partial charge in [-0.15, -0.1) is 0 Å². The highest BCUT2D eigenvalue weighted by atomic mass is 14.8. The third kappa shape index (κ3) is 7.82. The highest BCUT2D eigenvalue weighted by molar-refractivity contribution is 5.66. The van der Waals surface area contributed by atoms with Crippen LogP contribution >= 0.6 is 0 Å². The first-order chi connectivity index (χ1) is 12.4. The Bertz CT molecular complexity index is 666. The van der Waals surface area contributed by atoms with E-state index < -0.39 is 0 Å². The monoisotopic (exact) mass is 331 g/mol. The van der Waals surface area contributed by atoms with Gasteiger partial charge in [0.1, 0.15) is 0 Å². The summed E-state index contributed by atoms with van der Waals surface area (Å²) in [7, 11) is 0. The smallest absolute Gasteiger partial charge is 0.0205 e. The minimum Gasteiger partial charge on any atom is -0.312 e. The van der Waals surface area contributed by atoms with Crippen molar-refractivity contribution in [3.05, 3.63) is 102 Å². The summed E-state index contributed by atoms with van der Waals surface area (Å²) in [6.07, 6.45) is 14.1. The number of benzene rings is 2. The van der Waals surface area contributed by atoms with Gasteiger partial charge in [0, 0.05) is 6.54 Å². The fourth-order valence-electron chi connectivity index (χ4n) is 2.64. The van der Waals surface area contributed by atoms with Gasteiger partial charge in [0.2, 0.25) is 0 Å². The second-order valence-electron chi connectivity index (χ2n) is 6.02. The molecule has 0 aliphatic carbocycles. The lowest BCUT2D eigenvalue weighted by molar-refractivity contribution is 0.695. The van der Waals surface area contributed by atoms with E-state index >= 15 is 0 Å². The fourth-order valence-corrected chi connectivity index (χ4v) is 2.64. The third-order valence-electron chi connectivity index (χ3n) is 3.99. The number of nitrogens with one attached hydrogen (secondary N) is 1. The molecular weight excluding hydrogens is 302 g/mol. The van der Waals surface area contributed by atoms with Crippen LogP contribution in [0.2, 0.25) is 0 Å². The summed E-state index contributed by atoms with van der Waals surface area (Å²) in [6, 6.07) is 21.2. The number of rotatable bonds is 10. The lowest BCUT2D eigenvalue weighted by Gasteiger charge is -2.07. The molecule has 0 radical (unpaired) electrons. The van der Waals surface area contributed by atoms with Gasteiger partial charge >= 0.3 is 0 Å². The van der Waals surface area contributed by atoms with Crippen molar-refractivity contribution in [3.63, 3.8) is 0 Å². The van der Waals surface area contributed by atoms with E-state index in [2.05, 4.69) is 103 Å². The summed E-state index contributed by atoms with van der Waals surface area (Å²) in [4.78, 5) is 0. The van der Waals surface area contributed by atoms with Gasteiger partial charge in [-0.05, 0) is 42.5 Å². The maximum Gasteiger partial charge on any atom is 0.0205 e. The first-order valence-corrected chi connectivity index (χ1v) is 9.21. The van der Waals surface area contributed by atoms with Gasteiger partial charge in [-0.3, -0.25) is 0 Å². The number of allylic oxidation sites excluding steroid dienone is 5. The Hall–Kier alpha value is -2.38. The minimum absolute atomic E-state index is 0.928. The van der Waals surface area contributed by atoms with Crippen LogP contribution in [0.5, 0.6) is 0 Å². The van der Waals surface area contributed by atoms with Crippen molar-refractivity contribution < 1.29 is 0 Å². The van der Waals surface area contributed by atoms with E-state index in [1.807, 2.05) is 0 Å². The van der Waals surface area contributed by atoms with Crippen LogP contribution in [-0.4, -0.2) is 6.54 Å². The Balaban J connectivity index is 1.87. The van der Waals surface area contributed by atoms with Gasteiger partial charge in [-0.2, -0.15) is 0 Å². The van der Waals surface area contributed by atoms with E-state index in [1.165, 1.54) is 16.7 Å². The van der Waals surface area contributed by atoms with Crippen molar-refractivity contribution in [2.24, 2.45) is 0 Å². The summed E-state index contributed by atoms with van der Waals surface area (Å²) >= 11 is 0. The van der Waals surface area contributed by atoms with Gasteiger partial charge in [-0.1, -0.05) is 98.0 Å². The molecular formula is C24H29N. The van der Waals surface area contributed by atoms with E-state index in [4.69, 9.17) is 0 Å². The molecule has 0 unspecified atom stereocenters. The Labute approximate surface area is 152 Å². The average Bonchev–Trinajstić information content (AvgIpc) is 2.67. The molecule has 0 amide bonds. The first-order valence-electron chi connectivity index (χ1n) is 9.21. The molecule has 130 valence electrons. The van der Waals surface area contributed by atoms with Crippen LogP contribution in [0.1, 0.15) is 37.3 Å². The molecule has 2 aromatic rings. The molecule has 0 aliphatic heterocycles. The third-order valence-corrected chi connectivity index (χ3v) is 3.99. The quantitative estimate of drug-likeness (QED) is 0.406. The van der Waals surface area contributed by atoms with E-state index in [1.54, 1.807) is 0 Å². The molecule has 0 saturated carbocycles. The molecule has 0 heterocycles. The van der Waals surface area contributed by atoms with Crippen molar-refractivity contribution in [1.82, 2.24) is 5.32 Å². The fraction of sp³-hybridized carbons (Fsp3) is 0.250. The van der Waals surface area contributed by atoms with Crippen LogP contribution in [0.3, 0.4) is 0 Å². The van der Waals surface area contributed by atoms with Crippen LogP contribution in [0.4, 0.5) is 0 Å². The van der Waals surface area contributed by atoms with Crippen LogP contribution in [0.25, 0.3) is 5.57 Å². The maximum absolute atomic E-state index is 3.52. The molecule has 0 atom stereocenters. The van der Waals surface area contributed by atoms with Crippen molar-refractivity contribution in [2.75, 3.05) is 6.54 Å². The maximum atomic E-state index is 3.52. The molecule has 2 aromatic carbocycles. The van der Waals surface area contributed by atoms with Gasteiger partial charge in [0.15, 0.2) is 0 Å². The van der Waals surface area contributed by atoms with Crippen molar-refractivity contribution in [2.45, 2.75) is 32.7 Å². The molecule has 0 aromatic heterocycles. The molecule has 0 bridgehead atoms. The molecule has 1 heteroatoms. The summed E-state index contributed by atoms with van der Waals surface area (Å²) < 4.78 is 0. The highest BCUT2D eigenvalue weighted by Crippen LogP contribution is 2.19. The number of hydrogen-bond acceptors (Lipinski definition) is 1. The standard InChI is InChI=1S/C24H29N/c1-2-3-4-5-10-16-24(23-17-11-7-12-18-23)19-13-20-25-21-22-14-8-6-9-15-22/h3-12,14-15,17-19,25H,2,13,16,20-21H2,1H3/b4-3-,10-5-,24-19+. The van der Waals surface area contributed by atoms with E-state index in [0.717, 1.165) is 32.4 Å². The van der Waals surface area contributed by atoms with Crippen molar-refractivity contribution in [3.8, 4) is 0 Å². The zero-order valence-electron chi connectivity index (χ0n) is 15.2. The molecule has 0 aliphatic rings. The van der Waals surface area contributed by atoms with E-state index in [9.17, 15) is 0 Å². The largest absolute Gasteiger partial charge is 0.312 e. The predicted octanol–water partition coefficient (Wildman–Crippen LogP) is 6.16. The second-order valence-corrected chi connectivity index (χ2v) is 6.02. The van der Waals surface area contributed by atoms with Crippen LogP contribution < -0.4 is 5.32 Å². The molecule has 1 N–H and O–H groups in total. The Morgan fingerprint density at radius 3 is 2.28 bits per heavy atom. The summed E-state index contributed by atoms with van der Waals surface area (Å²) in [5.41, 5.74) is 4.04. The molecule has 0 fully saturated rings. The minimum atomic E-state index is 0.928. The van der Waals surface area contributed by atoms with Gasteiger partial charge in [0.25, 0.3) is 0 Å². The van der Waals surface area contributed by atoms with Gasteiger partial charge < -0.3 is 5.32 Å². The molecule has 0 saturated heterocycles. The Morgan fingerprint density at radius 1 is 0.880 bits per heavy atom. The number of hydrogen-bond donors (Lipinski definition) is 1. The van der Waals surface area contributed by atoms with Gasteiger partial charge in [0.05, 0.1) is 0 Å². The molecule has 1 nitrogen and oxygen atoms in total. The first kappa shape index (κ1) is 19.0.